The lowest BCUT2D eigenvalue weighted by atomic mass is 9.84. The van der Waals surface area contributed by atoms with Crippen molar-refractivity contribution in [1.29, 1.82) is 0 Å². The highest BCUT2D eigenvalue weighted by atomic mass is 14.9. The standard InChI is InChI=1S/C15H25N3/c1-15(2,3)14(16)9-13-11-7-5-4-6-8-12(11)17-10-18-13/h10,14H,4-9,16H2,1-3H3. The Morgan fingerprint density at radius 1 is 1.17 bits per heavy atom. The predicted molar refractivity (Wildman–Crippen MR) is 74.4 cm³/mol. The van der Waals surface area contributed by atoms with Crippen molar-refractivity contribution in [2.24, 2.45) is 11.1 Å². The van der Waals surface area contributed by atoms with Crippen LogP contribution in [0.15, 0.2) is 6.33 Å². The number of nitrogens with two attached hydrogens (primary N) is 1. The molecule has 1 aliphatic carbocycles. The molecule has 1 unspecified atom stereocenters. The first-order valence-electron chi connectivity index (χ1n) is 7.05. The lowest BCUT2D eigenvalue weighted by molar-refractivity contribution is 0.316. The van der Waals surface area contributed by atoms with Crippen molar-refractivity contribution in [2.45, 2.75) is 65.3 Å². The lowest BCUT2D eigenvalue weighted by Gasteiger charge is -2.27. The van der Waals surface area contributed by atoms with Gasteiger partial charge in [-0.2, -0.15) is 0 Å². The molecule has 0 aliphatic heterocycles. The number of hydrogen-bond acceptors (Lipinski definition) is 3. The van der Waals surface area contributed by atoms with Crippen molar-refractivity contribution in [3.8, 4) is 0 Å². The Balaban J connectivity index is 2.23. The van der Waals surface area contributed by atoms with Gasteiger partial charge in [0.2, 0.25) is 0 Å². The minimum atomic E-state index is 0.128. The first-order chi connectivity index (χ1) is 8.48. The summed E-state index contributed by atoms with van der Waals surface area (Å²) in [4.78, 5) is 8.95. The van der Waals surface area contributed by atoms with Gasteiger partial charge in [0, 0.05) is 23.9 Å². The Hall–Kier alpha value is -0.960. The number of aryl methyl sites for hydroxylation is 1. The average Bonchev–Trinajstić information content (AvgIpc) is 2.53. The SMILES string of the molecule is CC(C)(C)C(N)Cc1ncnc2c1CCCCC2. The Bertz CT molecular complexity index is 407. The van der Waals surface area contributed by atoms with Crippen LogP contribution in [0.3, 0.4) is 0 Å². The number of aromatic nitrogens is 2. The van der Waals surface area contributed by atoms with Gasteiger partial charge in [0.1, 0.15) is 6.33 Å². The summed E-state index contributed by atoms with van der Waals surface area (Å²) in [6.07, 6.45) is 8.65. The van der Waals surface area contributed by atoms with Crippen LogP contribution in [0.25, 0.3) is 0 Å². The largest absolute Gasteiger partial charge is 0.327 e. The number of fused-ring (bicyclic) bond motifs is 1. The molecule has 1 aromatic rings. The Morgan fingerprint density at radius 2 is 1.89 bits per heavy atom. The quantitative estimate of drug-likeness (QED) is 0.817. The van der Waals surface area contributed by atoms with Gasteiger partial charge >= 0.3 is 0 Å². The van der Waals surface area contributed by atoms with Crippen molar-refractivity contribution in [1.82, 2.24) is 9.97 Å². The zero-order chi connectivity index (χ0) is 13.2. The molecule has 0 bridgehead atoms. The van der Waals surface area contributed by atoms with Crippen molar-refractivity contribution >= 4 is 0 Å². The highest BCUT2D eigenvalue weighted by molar-refractivity contribution is 5.27. The maximum absolute atomic E-state index is 6.29. The summed E-state index contributed by atoms with van der Waals surface area (Å²) >= 11 is 0. The normalized spacial score (nSPS) is 18.0. The third-order valence-electron chi connectivity index (χ3n) is 3.99. The second-order valence-corrected chi connectivity index (χ2v) is 6.48. The van der Waals surface area contributed by atoms with Crippen LogP contribution in [0.4, 0.5) is 0 Å². The molecule has 18 heavy (non-hydrogen) atoms. The number of hydrogen-bond donors (Lipinski definition) is 1. The van der Waals surface area contributed by atoms with E-state index in [0.717, 1.165) is 19.3 Å². The molecule has 0 saturated heterocycles. The predicted octanol–water partition coefficient (Wildman–Crippen LogP) is 2.66. The maximum atomic E-state index is 6.29. The van der Waals surface area contributed by atoms with Crippen LogP contribution in [-0.4, -0.2) is 16.0 Å². The Kier molecular flexibility index (Phi) is 4.00. The molecule has 0 saturated carbocycles. The van der Waals surface area contributed by atoms with E-state index in [2.05, 4.69) is 30.7 Å². The van der Waals surface area contributed by atoms with E-state index < -0.39 is 0 Å². The first kappa shape index (κ1) is 13.5. The molecule has 0 spiro atoms. The molecule has 1 aliphatic rings. The van der Waals surface area contributed by atoms with Gasteiger partial charge < -0.3 is 5.73 Å². The van der Waals surface area contributed by atoms with Crippen LogP contribution in [0.1, 0.15) is 57.0 Å². The second-order valence-electron chi connectivity index (χ2n) is 6.48. The Morgan fingerprint density at radius 3 is 2.61 bits per heavy atom. The number of nitrogens with zero attached hydrogens (tertiary/aromatic N) is 2. The summed E-state index contributed by atoms with van der Waals surface area (Å²) in [5, 5.41) is 0. The van der Waals surface area contributed by atoms with E-state index in [1.165, 1.54) is 36.2 Å². The van der Waals surface area contributed by atoms with Crippen LogP contribution < -0.4 is 5.73 Å². The van der Waals surface area contributed by atoms with Crippen molar-refractivity contribution < 1.29 is 0 Å². The average molecular weight is 247 g/mol. The van der Waals surface area contributed by atoms with Crippen LogP contribution in [-0.2, 0) is 19.3 Å². The molecular formula is C15H25N3. The summed E-state index contributed by atoms with van der Waals surface area (Å²) < 4.78 is 0. The van der Waals surface area contributed by atoms with E-state index in [1.807, 2.05) is 0 Å². The maximum Gasteiger partial charge on any atom is 0.115 e. The van der Waals surface area contributed by atoms with Gasteiger partial charge in [0.25, 0.3) is 0 Å². The molecule has 1 aromatic heterocycles. The summed E-state index contributed by atoms with van der Waals surface area (Å²) in [6.45, 7) is 6.58. The summed E-state index contributed by atoms with van der Waals surface area (Å²) in [5.74, 6) is 0. The molecule has 2 rings (SSSR count). The van der Waals surface area contributed by atoms with Crippen molar-refractivity contribution in [3.05, 3.63) is 23.3 Å². The van der Waals surface area contributed by atoms with Crippen molar-refractivity contribution in [2.75, 3.05) is 0 Å². The summed E-state index contributed by atoms with van der Waals surface area (Å²) in [6, 6.07) is 0.153. The fourth-order valence-corrected chi connectivity index (χ4v) is 2.46. The molecule has 3 nitrogen and oxygen atoms in total. The van der Waals surface area contributed by atoms with Crippen LogP contribution in [0.5, 0.6) is 0 Å². The number of rotatable bonds is 2. The molecule has 0 amide bonds. The molecule has 0 radical (unpaired) electrons. The van der Waals surface area contributed by atoms with Gasteiger partial charge in [-0.3, -0.25) is 0 Å². The zero-order valence-electron chi connectivity index (χ0n) is 11.9. The summed E-state index contributed by atoms with van der Waals surface area (Å²) in [5.41, 5.74) is 10.3. The highest BCUT2D eigenvalue weighted by Gasteiger charge is 2.23. The van der Waals surface area contributed by atoms with E-state index in [0.29, 0.717) is 0 Å². The molecule has 0 fully saturated rings. The smallest absolute Gasteiger partial charge is 0.115 e. The first-order valence-corrected chi connectivity index (χ1v) is 7.05. The van der Waals surface area contributed by atoms with E-state index in [9.17, 15) is 0 Å². The van der Waals surface area contributed by atoms with Crippen LogP contribution in [0, 0.1) is 5.41 Å². The summed E-state index contributed by atoms with van der Waals surface area (Å²) in [7, 11) is 0. The molecule has 0 aromatic carbocycles. The van der Waals surface area contributed by atoms with Gasteiger partial charge in [-0.25, -0.2) is 9.97 Å². The topological polar surface area (TPSA) is 51.8 Å². The monoisotopic (exact) mass is 247 g/mol. The van der Waals surface area contributed by atoms with Gasteiger partial charge in [0.15, 0.2) is 0 Å². The van der Waals surface area contributed by atoms with Gasteiger partial charge in [-0.05, 0) is 36.7 Å². The zero-order valence-corrected chi connectivity index (χ0v) is 11.9. The molecule has 1 heterocycles. The van der Waals surface area contributed by atoms with Gasteiger partial charge in [-0.15, -0.1) is 0 Å². The third kappa shape index (κ3) is 3.08. The molecule has 1 atom stereocenters. The fraction of sp³-hybridized carbons (Fsp3) is 0.733. The lowest BCUT2D eigenvalue weighted by Crippen LogP contribution is -2.37. The van der Waals surface area contributed by atoms with Crippen LogP contribution in [0.2, 0.25) is 0 Å². The molecule has 3 heteroatoms. The molecular weight excluding hydrogens is 222 g/mol. The second kappa shape index (κ2) is 5.35. The minimum Gasteiger partial charge on any atom is -0.327 e. The highest BCUT2D eigenvalue weighted by Crippen LogP contribution is 2.25. The van der Waals surface area contributed by atoms with E-state index in [4.69, 9.17) is 5.73 Å². The molecule has 2 N–H and O–H groups in total. The minimum absolute atomic E-state index is 0.128. The third-order valence-corrected chi connectivity index (χ3v) is 3.99. The van der Waals surface area contributed by atoms with E-state index >= 15 is 0 Å². The fourth-order valence-electron chi connectivity index (χ4n) is 2.46. The molecule has 100 valence electrons. The van der Waals surface area contributed by atoms with E-state index in [-0.39, 0.29) is 11.5 Å². The Labute approximate surface area is 110 Å². The van der Waals surface area contributed by atoms with Gasteiger partial charge in [-0.1, -0.05) is 27.2 Å². The van der Waals surface area contributed by atoms with Gasteiger partial charge in [0.05, 0.1) is 0 Å². The van der Waals surface area contributed by atoms with E-state index in [1.54, 1.807) is 6.33 Å². The van der Waals surface area contributed by atoms with Crippen LogP contribution >= 0.6 is 0 Å². The van der Waals surface area contributed by atoms with Crippen molar-refractivity contribution in [3.63, 3.8) is 0 Å².